The maximum absolute atomic E-state index is 14.8. The fourth-order valence-corrected chi connectivity index (χ4v) is 14.1. The van der Waals surface area contributed by atoms with Crippen molar-refractivity contribution in [2.24, 2.45) is 11.8 Å². The lowest BCUT2D eigenvalue weighted by atomic mass is 9.90. The Hall–Kier alpha value is -7.52. The highest BCUT2D eigenvalue weighted by Crippen LogP contribution is 2.37. The molecule has 4 aromatic carbocycles. The van der Waals surface area contributed by atoms with E-state index in [1.807, 2.05) is 111 Å². The molecule has 0 bridgehead atoms. The highest BCUT2D eigenvalue weighted by Gasteiger charge is 2.50. The molecule has 0 spiro atoms. The van der Waals surface area contributed by atoms with Crippen LogP contribution in [-0.4, -0.2) is 146 Å². The lowest BCUT2D eigenvalue weighted by molar-refractivity contribution is -0.144. The van der Waals surface area contributed by atoms with Crippen molar-refractivity contribution in [2.45, 2.75) is 203 Å². The molecule has 4 aliphatic heterocycles. The summed E-state index contributed by atoms with van der Waals surface area (Å²) in [4.78, 5) is 117. The number of nitrogens with zero attached hydrogens (tertiary/aromatic N) is 2. The van der Waals surface area contributed by atoms with E-state index in [1.165, 1.54) is 0 Å². The number of carbonyl (C=O) groups excluding carboxylic acids is 8. The number of nitrogens with one attached hydrogen (secondary N) is 10. The van der Waals surface area contributed by atoms with Crippen LogP contribution in [0, 0.1) is 11.8 Å². The molecule has 4 aliphatic rings. The molecule has 0 unspecified atom stereocenters. The Kier molecular flexibility index (Phi) is 28.0. The maximum atomic E-state index is 14.8. The molecular formula is C72H102N12O8. The van der Waals surface area contributed by atoms with Crippen LogP contribution < -0.4 is 53.2 Å². The molecule has 20 heteroatoms. The SMILES string of the molecule is CC[C@H](NC)C(=O)N[C@@H]1C(=O)N2[C@@H](CC[C@@H]1CCNCc1ccccc1)CC[C@H]2C(=O)N[C@H](C(=O)NCCCCCCCCNC(=O)[C@@H](NC(=O)[C@@H]1CC[C@@H]2CC[C@H](CCNCc3ccccc3)[C@H](NC(=O)[C@H](CC)NC)C(=O)N21)c1ccccc1)c1ccccc1. The maximum Gasteiger partial charge on any atom is 0.247 e. The Balaban J connectivity index is 0.793. The lowest BCUT2D eigenvalue weighted by Crippen LogP contribution is -2.58. The van der Waals surface area contributed by atoms with Crippen molar-refractivity contribution >= 4 is 47.3 Å². The van der Waals surface area contributed by atoms with Crippen LogP contribution in [0.5, 0.6) is 0 Å². The van der Waals surface area contributed by atoms with Crippen LogP contribution in [0.1, 0.15) is 164 Å². The van der Waals surface area contributed by atoms with E-state index in [1.54, 1.807) is 23.9 Å². The average molecular weight is 1260 g/mol. The van der Waals surface area contributed by atoms with Crippen molar-refractivity contribution < 1.29 is 38.4 Å². The van der Waals surface area contributed by atoms with Gasteiger partial charge in [0.25, 0.3) is 0 Å². The minimum atomic E-state index is -0.990. The van der Waals surface area contributed by atoms with Crippen LogP contribution in [0.15, 0.2) is 121 Å². The fourth-order valence-electron chi connectivity index (χ4n) is 14.1. The first kappa shape index (κ1) is 70.4. The van der Waals surface area contributed by atoms with E-state index in [9.17, 15) is 38.4 Å². The second-order valence-corrected chi connectivity index (χ2v) is 25.4. The van der Waals surface area contributed by atoms with E-state index in [0.29, 0.717) is 140 Å². The summed E-state index contributed by atoms with van der Waals surface area (Å²) in [5, 5.41) is 31.6. The summed E-state index contributed by atoms with van der Waals surface area (Å²) in [7, 11) is 3.46. The highest BCUT2D eigenvalue weighted by atomic mass is 16.2. The minimum absolute atomic E-state index is 0.141. The molecule has 4 aromatic rings. The van der Waals surface area contributed by atoms with E-state index in [4.69, 9.17) is 0 Å². The predicted octanol–water partition coefficient (Wildman–Crippen LogP) is 6.14. The zero-order valence-electron chi connectivity index (χ0n) is 54.6. The Bertz CT molecular complexity index is 2770. The van der Waals surface area contributed by atoms with Gasteiger partial charge in [-0.3, -0.25) is 38.4 Å². The first-order valence-electron chi connectivity index (χ1n) is 34.2. The number of likely N-dealkylation sites (N-methyl/N-ethyl adjacent to an activating group) is 2. The van der Waals surface area contributed by atoms with Crippen molar-refractivity contribution in [1.29, 1.82) is 0 Å². The van der Waals surface area contributed by atoms with Crippen LogP contribution in [0.3, 0.4) is 0 Å². The van der Waals surface area contributed by atoms with Crippen LogP contribution >= 0.6 is 0 Å². The second kappa shape index (κ2) is 36.7. The third-order valence-electron chi connectivity index (χ3n) is 19.4. The Morgan fingerprint density at radius 1 is 0.435 bits per heavy atom. The topological polar surface area (TPSA) is 263 Å². The number of amides is 8. The van der Waals surface area contributed by atoms with Gasteiger partial charge in [-0.05, 0) is 151 Å². The molecule has 10 N–H and O–H groups in total. The molecule has 498 valence electrons. The number of hydrogen-bond donors (Lipinski definition) is 10. The van der Waals surface area contributed by atoms with Gasteiger partial charge in [0.05, 0.1) is 12.1 Å². The van der Waals surface area contributed by atoms with Gasteiger partial charge in [-0.25, -0.2) is 0 Å². The van der Waals surface area contributed by atoms with Crippen molar-refractivity contribution in [2.75, 3.05) is 40.3 Å². The third kappa shape index (κ3) is 19.5. The molecule has 0 saturated carbocycles. The molecular weight excluding hydrogens is 1160 g/mol. The summed E-state index contributed by atoms with van der Waals surface area (Å²) < 4.78 is 0. The van der Waals surface area contributed by atoms with E-state index in [-0.39, 0.29) is 59.4 Å². The summed E-state index contributed by atoms with van der Waals surface area (Å²) >= 11 is 0. The Morgan fingerprint density at radius 3 is 1.14 bits per heavy atom. The zero-order chi connectivity index (χ0) is 65.2. The molecule has 92 heavy (non-hydrogen) atoms. The molecule has 20 nitrogen and oxygen atoms in total. The number of benzene rings is 4. The fraction of sp³-hybridized carbons (Fsp3) is 0.556. The highest BCUT2D eigenvalue weighted by molar-refractivity contribution is 5.97. The Labute approximate surface area is 544 Å². The Morgan fingerprint density at radius 2 is 0.783 bits per heavy atom. The average Bonchev–Trinajstić information content (AvgIpc) is 1.64. The normalized spacial score (nSPS) is 22.5. The molecule has 0 radical (unpaired) electrons. The van der Waals surface area contributed by atoms with Gasteiger partial charge in [0.15, 0.2) is 0 Å². The van der Waals surface area contributed by atoms with Crippen LogP contribution in [-0.2, 0) is 51.4 Å². The van der Waals surface area contributed by atoms with Crippen LogP contribution in [0.2, 0.25) is 0 Å². The molecule has 4 saturated heterocycles. The van der Waals surface area contributed by atoms with E-state index >= 15 is 0 Å². The molecule has 8 amide bonds. The van der Waals surface area contributed by atoms with Crippen molar-refractivity contribution in [3.8, 4) is 0 Å². The first-order chi connectivity index (χ1) is 44.8. The lowest BCUT2D eigenvalue weighted by Gasteiger charge is -2.33. The van der Waals surface area contributed by atoms with Crippen LogP contribution in [0.4, 0.5) is 0 Å². The summed E-state index contributed by atoms with van der Waals surface area (Å²) in [6.07, 6.45) is 12.4. The molecule has 4 fully saturated rings. The van der Waals surface area contributed by atoms with Gasteiger partial charge in [0, 0.05) is 38.3 Å². The number of hydrogen-bond acceptors (Lipinski definition) is 12. The molecule has 0 aliphatic carbocycles. The monoisotopic (exact) mass is 1260 g/mol. The summed E-state index contributed by atoms with van der Waals surface area (Å²) in [6.45, 7) is 7.33. The van der Waals surface area contributed by atoms with Gasteiger partial charge in [-0.1, -0.05) is 161 Å². The number of carbonyl (C=O) groups is 8. The van der Waals surface area contributed by atoms with Gasteiger partial charge in [0.1, 0.15) is 36.3 Å². The van der Waals surface area contributed by atoms with Crippen LogP contribution in [0.25, 0.3) is 0 Å². The van der Waals surface area contributed by atoms with Gasteiger partial charge >= 0.3 is 0 Å². The second-order valence-electron chi connectivity index (χ2n) is 25.4. The first-order valence-corrected chi connectivity index (χ1v) is 34.2. The summed E-state index contributed by atoms with van der Waals surface area (Å²) in [5.74, 6) is -2.76. The van der Waals surface area contributed by atoms with E-state index in [2.05, 4.69) is 77.4 Å². The third-order valence-corrected chi connectivity index (χ3v) is 19.4. The van der Waals surface area contributed by atoms with Gasteiger partial charge in [0.2, 0.25) is 47.3 Å². The van der Waals surface area contributed by atoms with Crippen molar-refractivity contribution in [3.63, 3.8) is 0 Å². The largest absolute Gasteiger partial charge is 0.354 e. The summed E-state index contributed by atoms with van der Waals surface area (Å²) in [6, 6.07) is 32.0. The van der Waals surface area contributed by atoms with Crippen molar-refractivity contribution in [3.05, 3.63) is 144 Å². The molecule has 0 aromatic heterocycles. The molecule has 12 atom stereocenters. The van der Waals surface area contributed by atoms with Gasteiger partial charge in [-0.15, -0.1) is 0 Å². The summed E-state index contributed by atoms with van der Waals surface area (Å²) in [5.41, 5.74) is 3.57. The van der Waals surface area contributed by atoms with Gasteiger partial charge < -0.3 is 63.0 Å². The zero-order valence-corrected chi connectivity index (χ0v) is 54.6. The van der Waals surface area contributed by atoms with E-state index in [0.717, 1.165) is 36.8 Å². The molecule has 8 rings (SSSR count). The number of rotatable bonds is 35. The minimum Gasteiger partial charge on any atom is -0.354 e. The number of unbranched alkanes of at least 4 members (excludes halogenated alkanes) is 5. The quantitative estimate of drug-likeness (QED) is 0.0233. The van der Waals surface area contributed by atoms with Gasteiger partial charge in [-0.2, -0.15) is 0 Å². The number of fused-ring (bicyclic) bond motifs is 2. The van der Waals surface area contributed by atoms with E-state index < -0.39 is 60.1 Å². The smallest absolute Gasteiger partial charge is 0.247 e. The predicted molar refractivity (Wildman–Crippen MR) is 357 cm³/mol. The standard InChI is InChI=1S/C72H102N12O8/c1-5-57(73-3)65(85)81-63-53(41-45-75-47-49-25-15-11-16-26-49)33-35-55-37-39-59(83(55)71(63)91)67(87)79-61(51-29-19-13-20-30-51)69(89)77-43-23-9-7-8-10-24-44-78-70(90)62(52-31-21-14-22-32-52)80-68(88)60-40-38-56-36-34-54(42-46-76-48-50-27-17-12-18-28-50)64(72(92)84(56)60)82-66(86)58(6-2)74-4/h11-22,25-32,53-64,73-76H,5-10,23-24,33-48H2,1-4H3,(H,77,89)(H,78,90)(H,79,87)(H,80,88)(H,81,85)(H,82,86)/t53-,54-,55+,56+,57+,58+,59+,60+,61+,62+,63+,64+/m1/s1. The van der Waals surface area contributed by atoms with Crippen molar-refractivity contribution in [1.82, 2.24) is 63.0 Å². The molecule has 4 heterocycles.